The van der Waals surface area contributed by atoms with Gasteiger partial charge in [0.2, 0.25) is 5.91 Å². The van der Waals surface area contributed by atoms with E-state index in [0.29, 0.717) is 13.1 Å². The summed E-state index contributed by atoms with van der Waals surface area (Å²) in [7, 11) is 1.75. The van der Waals surface area contributed by atoms with E-state index in [4.69, 9.17) is 0 Å². The first-order valence-corrected chi connectivity index (χ1v) is 9.18. The lowest BCUT2D eigenvalue weighted by Gasteiger charge is -2.18. The van der Waals surface area contributed by atoms with Crippen molar-refractivity contribution in [1.29, 1.82) is 0 Å². The maximum atomic E-state index is 11.8. The average molecular weight is 358 g/mol. The van der Waals surface area contributed by atoms with Gasteiger partial charge in [-0.15, -0.1) is 0 Å². The average Bonchev–Trinajstić information content (AvgIpc) is 3.02. The van der Waals surface area contributed by atoms with E-state index < -0.39 is 0 Å². The van der Waals surface area contributed by atoms with Crippen molar-refractivity contribution in [3.05, 3.63) is 36.5 Å². The monoisotopic (exact) mass is 357 g/mol. The fraction of sp³-hybridized carbons (Fsp3) is 0.500. The summed E-state index contributed by atoms with van der Waals surface area (Å²) in [6.07, 6.45) is 3.13. The van der Waals surface area contributed by atoms with E-state index in [0.717, 1.165) is 25.5 Å². The summed E-state index contributed by atoms with van der Waals surface area (Å²) in [4.78, 5) is 16.0. The number of aryl methyl sites for hydroxylation is 1. The molecule has 0 aliphatic carbocycles. The lowest BCUT2D eigenvalue weighted by atomic mass is 9.96. The second kappa shape index (κ2) is 9.27. The van der Waals surface area contributed by atoms with Crippen LogP contribution in [0.15, 0.2) is 41.5 Å². The second-order valence-corrected chi connectivity index (χ2v) is 7.35. The van der Waals surface area contributed by atoms with Crippen LogP contribution in [0.1, 0.15) is 27.2 Å². The number of aromatic nitrogens is 1. The lowest BCUT2D eigenvalue weighted by Crippen LogP contribution is -2.43. The summed E-state index contributed by atoms with van der Waals surface area (Å²) in [5.74, 6) is 0.813. The number of carbonyl (C=O) groups excluding carboxylic acids is 1. The molecular weight excluding hydrogens is 326 g/mol. The minimum Gasteiger partial charge on any atom is -0.356 e. The second-order valence-electron chi connectivity index (χ2n) is 7.35. The summed E-state index contributed by atoms with van der Waals surface area (Å²) >= 11 is 0. The number of carbonyl (C=O) groups is 1. The molecule has 142 valence electrons. The summed E-state index contributed by atoms with van der Waals surface area (Å²) in [5, 5.41) is 10.7. The molecule has 0 unspecified atom stereocenters. The summed E-state index contributed by atoms with van der Waals surface area (Å²) in [6, 6.07) is 10.6. The molecule has 0 radical (unpaired) electrons. The molecule has 3 N–H and O–H groups in total. The van der Waals surface area contributed by atoms with E-state index in [1.807, 2.05) is 20.8 Å². The molecule has 0 saturated heterocycles. The van der Waals surface area contributed by atoms with Crippen LogP contribution in [0.25, 0.3) is 10.9 Å². The van der Waals surface area contributed by atoms with Gasteiger partial charge in [0.05, 0.1) is 0 Å². The first-order chi connectivity index (χ1) is 12.4. The molecule has 0 bridgehead atoms. The molecule has 1 amide bonds. The topological polar surface area (TPSA) is 70.5 Å². The van der Waals surface area contributed by atoms with Crippen molar-refractivity contribution in [2.45, 2.75) is 33.7 Å². The standard InChI is InChI=1S/C20H31N5O/c1-20(2,3)18(26)22-12-13-24-19(21-4)23-11-7-14-25-15-10-16-8-5-6-9-17(16)25/h5-6,8-10,15H,7,11-14H2,1-4H3,(H,22,26)(H2,21,23,24). The highest BCUT2D eigenvalue weighted by molar-refractivity contribution is 5.82. The maximum absolute atomic E-state index is 11.8. The Balaban J connectivity index is 1.65. The predicted octanol–water partition coefficient (Wildman–Crippen LogP) is 2.36. The third-order valence-electron chi connectivity index (χ3n) is 4.16. The Morgan fingerprint density at radius 3 is 2.46 bits per heavy atom. The van der Waals surface area contributed by atoms with Crippen LogP contribution in [0.3, 0.4) is 0 Å². The molecule has 0 spiro atoms. The zero-order chi connectivity index (χ0) is 19.0. The van der Waals surface area contributed by atoms with E-state index in [1.165, 1.54) is 10.9 Å². The van der Waals surface area contributed by atoms with Gasteiger partial charge in [-0.2, -0.15) is 0 Å². The molecule has 26 heavy (non-hydrogen) atoms. The van der Waals surface area contributed by atoms with Crippen molar-refractivity contribution >= 4 is 22.8 Å². The number of hydrogen-bond acceptors (Lipinski definition) is 2. The number of fused-ring (bicyclic) bond motifs is 1. The highest BCUT2D eigenvalue weighted by atomic mass is 16.2. The summed E-state index contributed by atoms with van der Waals surface area (Å²) in [5.41, 5.74) is 0.910. The molecule has 0 aliphatic heterocycles. The third-order valence-corrected chi connectivity index (χ3v) is 4.16. The quantitative estimate of drug-likeness (QED) is 0.405. The molecule has 6 nitrogen and oxygen atoms in total. The number of aliphatic imine (C=N–C) groups is 1. The number of nitrogens with zero attached hydrogens (tertiary/aromatic N) is 2. The minimum atomic E-state index is -0.359. The molecule has 0 aliphatic rings. The van der Waals surface area contributed by atoms with Crippen molar-refractivity contribution in [1.82, 2.24) is 20.5 Å². The molecule has 1 aromatic carbocycles. The number of nitrogens with one attached hydrogen (secondary N) is 3. The van der Waals surface area contributed by atoms with Gasteiger partial charge in [0, 0.05) is 50.4 Å². The van der Waals surface area contributed by atoms with Crippen LogP contribution < -0.4 is 16.0 Å². The largest absolute Gasteiger partial charge is 0.356 e. The Morgan fingerprint density at radius 1 is 1.04 bits per heavy atom. The van der Waals surface area contributed by atoms with E-state index in [1.54, 1.807) is 7.05 Å². The van der Waals surface area contributed by atoms with Crippen LogP contribution in [0.2, 0.25) is 0 Å². The van der Waals surface area contributed by atoms with Gasteiger partial charge in [-0.05, 0) is 23.9 Å². The number of guanidine groups is 1. The molecule has 0 fully saturated rings. The number of benzene rings is 1. The van der Waals surface area contributed by atoms with Crippen LogP contribution in [0.5, 0.6) is 0 Å². The van der Waals surface area contributed by atoms with E-state index in [-0.39, 0.29) is 11.3 Å². The highest BCUT2D eigenvalue weighted by Crippen LogP contribution is 2.15. The molecule has 0 saturated carbocycles. The van der Waals surface area contributed by atoms with Gasteiger partial charge >= 0.3 is 0 Å². The number of para-hydroxylation sites is 1. The Kier molecular flexibility index (Phi) is 7.06. The van der Waals surface area contributed by atoms with Gasteiger partial charge < -0.3 is 20.5 Å². The SMILES string of the molecule is CN=C(NCCCn1ccc2ccccc21)NCCNC(=O)C(C)(C)C. The molecule has 1 heterocycles. The minimum absolute atomic E-state index is 0.0567. The molecule has 6 heteroatoms. The lowest BCUT2D eigenvalue weighted by molar-refractivity contribution is -0.128. The number of amides is 1. The van der Waals surface area contributed by atoms with Gasteiger partial charge in [0.1, 0.15) is 0 Å². The Bertz CT molecular complexity index is 742. The van der Waals surface area contributed by atoms with E-state index >= 15 is 0 Å². The van der Waals surface area contributed by atoms with Crippen molar-refractivity contribution in [3.8, 4) is 0 Å². The van der Waals surface area contributed by atoms with Crippen molar-refractivity contribution in [3.63, 3.8) is 0 Å². The van der Waals surface area contributed by atoms with Crippen molar-refractivity contribution < 1.29 is 4.79 Å². The number of hydrogen-bond donors (Lipinski definition) is 3. The van der Waals surface area contributed by atoms with Gasteiger partial charge in [-0.1, -0.05) is 39.0 Å². The van der Waals surface area contributed by atoms with Crippen LogP contribution in [0, 0.1) is 5.41 Å². The molecule has 2 aromatic rings. The molecule has 0 atom stereocenters. The Morgan fingerprint density at radius 2 is 1.73 bits per heavy atom. The number of rotatable bonds is 7. The summed E-state index contributed by atoms with van der Waals surface area (Å²) in [6.45, 7) is 8.73. The van der Waals surface area contributed by atoms with Gasteiger partial charge in [0.25, 0.3) is 0 Å². The van der Waals surface area contributed by atoms with Gasteiger partial charge in [0.15, 0.2) is 5.96 Å². The van der Waals surface area contributed by atoms with E-state index in [2.05, 4.69) is 62.0 Å². The third kappa shape index (κ3) is 5.79. The first kappa shape index (κ1) is 19.8. The molecule has 1 aromatic heterocycles. The zero-order valence-electron chi connectivity index (χ0n) is 16.3. The normalized spacial score (nSPS) is 12.2. The van der Waals surface area contributed by atoms with Gasteiger partial charge in [-0.3, -0.25) is 9.79 Å². The maximum Gasteiger partial charge on any atom is 0.225 e. The Hall–Kier alpha value is -2.50. The van der Waals surface area contributed by atoms with Gasteiger partial charge in [-0.25, -0.2) is 0 Å². The first-order valence-electron chi connectivity index (χ1n) is 9.18. The smallest absolute Gasteiger partial charge is 0.225 e. The van der Waals surface area contributed by atoms with Crippen molar-refractivity contribution in [2.75, 3.05) is 26.7 Å². The molecule has 2 rings (SSSR count). The zero-order valence-corrected chi connectivity index (χ0v) is 16.3. The van der Waals surface area contributed by atoms with Crippen molar-refractivity contribution in [2.24, 2.45) is 10.4 Å². The van der Waals surface area contributed by atoms with Crippen LogP contribution in [0.4, 0.5) is 0 Å². The van der Waals surface area contributed by atoms with Crippen LogP contribution in [-0.2, 0) is 11.3 Å². The fourth-order valence-corrected chi connectivity index (χ4v) is 2.63. The van der Waals surface area contributed by atoms with Crippen LogP contribution >= 0.6 is 0 Å². The van der Waals surface area contributed by atoms with E-state index in [9.17, 15) is 4.79 Å². The predicted molar refractivity (Wildman–Crippen MR) is 108 cm³/mol. The van der Waals surface area contributed by atoms with Crippen LogP contribution in [-0.4, -0.2) is 43.1 Å². The highest BCUT2D eigenvalue weighted by Gasteiger charge is 2.20. The summed E-state index contributed by atoms with van der Waals surface area (Å²) < 4.78 is 2.27. The fourth-order valence-electron chi connectivity index (χ4n) is 2.63. The Labute approximate surface area is 156 Å². The molecular formula is C20H31N5O.